The predicted molar refractivity (Wildman–Crippen MR) is 90.4 cm³/mol. The molecular weight excluding hydrogens is 389 g/mol. The van der Waals surface area contributed by atoms with Crippen LogP contribution in [0.5, 0.6) is 5.75 Å². The van der Waals surface area contributed by atoms with Crippen molar-refractivity contribution in [2.45, 2.75) is 20.3 Å². The molecule has 1 heterocycles. The lowest BCUT2D eigenvalue weighted by molar-refractivity contribution is 0.475. The quantitative estimate of drug-likeness (QED) is 0.750. The van der Waals surface area contributed by atoms with Gasteiger partial charge < -0.3 is 10.4 Å². The summed E-state index contributed by atoms with van der Waals surface area (Å²) in [7, 11) is 0. The lowest BCUT2D eigenvalue weighted by Gasteiger charge is -2.11. The third-order valence-corrected chi connectivity index (χ3v) is 4.36. The van der Waals surface area contributed by atoms with E-state index < -0.39 is 0 Å². The number of hydrogen-bond acceptors (Lipinski definition) is 4. The molecule has 0 aliphatic rings. The average Bonchev–Trinajstić information content (AvgIpc) is 2.43. The van der Waals surface area contributed by atoms with Gasteiger partial charge in [-0.1, -0.05) is 18.5 Å². The number of nitrogens with zero attached hydrogens (tertiary/aromatic N) is 2. The van der Waals surface area contributed by atoms with Crippen LogP contribution < -0.4 is 5.32 Å². The first-order valence-corrected chi connectivity index (χ1v) is 7.75. The van der Waals surface area contributed by atoms with Crippen molar-refractivity contribution < 1.29 is 5.11 Å². The Labute approximate surface area is 136 Å². The molecule has 0 saturated carbocycles. The minimum absolute atomic E-state index is 0.0574. The van der Waals surface area contributed by atoms with E-state index in [4.69, 9.17) is 11.6 Å². The molecule has 1 aromatic heterocycles. The average molecular weight is 404 g/mol. The van der Waals surface area contributed by atoms with Crippen molar-refractivity contribution in [3.05, 3.63) is 32.5 Å². The van der Waals surface area contributed by atoms with Crippen LogP contribution in [-0.2, 0) is 0 Å². The molecule has 0 bridgehead atoms. The molecule has 2 N–H and O–H groups in total. The molecule has 0 amide bonds. The highest BCUT2D eigenvalue weighted by molar-refractivity contribution is 14.1. The first-order chi connectivity index (χ1) is 9.52. The van der Waals surface area contributed by atoms with Crippen LogP contribution in [-0.4, -0.2) is 21.6 Å². The fourth-order valence-corrected chi connectivity index (χ4v) is 2.31. The minimum Gasteiger partial charge on any atom is -0.506 e. The van der Waals surface area contributed by atoms with Crippen LogP contribution in [0.3, 0.4) is 0 Å². The second kappa shape index (κ2) is 6.58. The molecule has 2 rings (SSSR count). The number of aryl methyl sites for hydroxylation is 1. The van der Waals surface area contributed by atoms with Crippen molar-refractivity contribution in [2.75, 3.05) is 11.9 Å². The third-order valence-electron chi connectivity index (χ3n) is 2.77. The van der Waals surface area contributed by atoms with Gasteiger partial charge in [0.15, 0.2) is 5.82 Å². The normalized spacial score (nSPS) is 10.6. The molecule has 6 heteroatoms. The fourth-order valence-electron chi connectivity index (χ4n) is 1.69. The number of phenolic OH excluding ortho intramolecular Hbond substituents is 1. The fraction of sp³-hybridized carbons (Fsp3) is 0.286. The van der Waals surface area contributed by atoms with Crippen LogP contribution in [0, 0.1) is 10.5 Å². The lowest BCUT2D eigenvalue weighted by Crippen LogP contribution is -2.07. The van der Waals surface area contributed by atoms with Gasteiger partial charge in [0, 0.05) is 12.1 Å². The summed E-state index contributed by atoms with van der Waals surface area (Å²) < 4.78 is 1.02. The van der Waals surface area contributed by atoms with E-state index in [0.29, 0.717) is 10.8 Å². The highest BCUT2D eigenvalue weighted by Crippen LogP contribution is 2.29. The predicted octanol–water partition coefficient (Wildman–Crippen LogP) is 4.24. The molecule has 0 spiro atoms. The first kappa shape index (κ1) is 15.3. The number of phenols is 1. The SMILES string of the molecule is CCCNc1nc(-c2ccc(O)c(Cl)c2)nc(C)c1I. The zero-order valence-corrected chi connectivity index (χ0v) is 14.2. The number of anilines is 1. The molecule has 0 atom stereocenters. The summed E-state index contributed by atoms with van der Waals surface area (Å²) in [5, 5.41) is 13.1. The van der Waals surface area contributed by atoms with E-state index in [0.717, 1.165) is 33.6 Å². The summed E-state index contributed by atoms with van der Waals surface area (Å²) in [5.74, 6) is 1.49. The van der Waals surface area contributed by atoms with Crippen molar-refractivity contribution in [3.8, 4) is 17.1 Å². The van der Waals surface area contributed by atoms with Gasteiger partial charge in [-0.15, -0.1) is 0 Å². The van der Waals surface area contributed by atoms with Gasteiger partial charge in [0.25, 0.3) is 0 Å². The number of hydrogen-bond donors (Lipinski definition) is 2. The second-order valence-electron chi connectivity index (χ2n) is 4.39. The standard InChI is InChI=1S/C14H15ClIN3O/c1-3-6-17-14-12(16)8(2)18-13(19-14)9-4-5-11(20)10(15)7-9/h4-5,7,20H,3,6H2,1-2H3,(H,17,18,19). The highest BCUT2D eigenvalue weighted by Gasteiger charge is 2.11. The molecule has 4 nitrogen and oxygen atoms in total. The third kappa shape index (κ3) is 3.32. The Morgan fingerprint density at radius 3 is 2.75 bits per heavy atom. The van der Waals surface area contributed by atoms with E-state index in [1.54, 1.807) is 18.2 Å². The summed E-state index contributed by atoms with van der Waals surface area (Å²) in [5.41, 5.74) is 1.70. The Kier molecular flexibility index (Phi) is 5.04. The molecule has 106 valence electrons. The Bertz CT molecular complexity index is 634. The van der Waals surface area contributed by atoms with Crippen LogP contribution in [0.2, 0.25) is 5.02 Å². The topological polar surface area (TPSA) is 58.0 Å². The summed E-state index contributed by atoms with van der Waals surface area (Å²) >= 11 is 8.17. The van der Waals surface area contributed by atoms with E-state index >= 15 is 0 Å². The van der Waals surface area contributed by atoms with Crippen LogP contribution in [0.15, 0.2) is 18.2 Å². The molecule has 0 fully saturated rings. The largest absolute Gasteiger partial charge is 0.506 e. The summed E-state index contributed by atoms with van der Waals surface area (Å²) in [4.78, 5) is 9.03. The van der Waals surface area contributed by atoms with Gasteiger partial charge in [-0.25, -0.2) is 9.97 Å². The van der Waals surface area contributed by atoms with E-state index in [2.05, 4.69) is 44.8 Å². The van der Waals surface area contributed by atoms with Crippen LogP contribution in [0.1, 0.15) is 19.0 Å². The molecule has 0 unspecified atom stereocenters. The summed E-state index contributed by atoms with van der Waals surface area (Å²) in [6.07, 6.45) is 1.03. The Morgan fingerprint density at radius 1 is 1.35 bits per heavy atom. The number of rotatable bonds is 4. The van der Waals surface area contributed by atoms with Crippen LogP contribution in [0.4, 0.5) is 5.82 Å². The Balaban J connectivity index is 2.45. The lowest BCUT2D eigenvalue weighted by atomic mass is 10.2. The first-order valence-electron chi connectivity index (χ1n) is 6.29. The van der Waals surface area contributed by atoms with E-state index in [1.165, 1.54) is 0 Å². The number of nitrogens with one attached hydrogen (secondary N) is 1. The van der Waals surface area contributed by atoms with Gasteiger partial charge >= 0.3 is 0 Å². The Morgan fingerprint density at radius 2 is 2.10 bits per heavy atom. The maximum atomic E-state index is 9.47. The van der Waals surface area contributed by atoms with Crippen molar-refractivity contribution in [1.82, 2.24) is 9.97 Å². The van der Waals surface area contributed by atoms with Gasteiger partial charge in [-0.05, 0) is 54.1 Å². The zero-order chi connectivity index (χ0) is 14.7. The van der Waals surface area contributed by atoms with E-state index in [1.807, 2.05) is 6.92 Å². The molecule has 2 aromatic rings. The molecule has 1 aromatic carbocycles. The van der Waals surface area contributed by atoms with Gasteiger partial charge in [-0.2, -0.15) is 0 Å². The number of halogens is 2. The smallest absolute Gasteiger partial charge is 0.161 e. The number of aromatic hydroxyl groups is 1. The van der Waals surface area contributed by atoms with Gasteiger partial charge in [0.2, 0.25) is 0 Å². The molecular formula is C14H15ClIN3O. The zero-order valence-electron chi connectivity index (χ0n) is 11.2. The van der Waals surface area contributed by atoms with Gasteiger partial charge in [0.05, 0.1) is 14.3 Å². The molecule has 0 saturated heterocycles. The maximum absolute atomic E-state index is 9.47. The van der Waals surface area contributed by atoms with Crippen LogP contribution >= 0.6 is 34.2 Å². The molecule has 0 aliphatic heterocycles. The number of aromatic nitrogens is 2. The number of benzene rings is 1. The van der Waals surface area contributed by atoms with Crippen molar-refractivity contribution in [2.24, 2.45) is 0 Å². The van der Waals surface area contributed by atoms with E-state index in [9.17, 15) is 5.11 Å². The van der Waals surface area contributed by atoms with Gasteiger partial charge in [-0.3, -0.25) is 0 Å². The molecule has 0 radical (unpaired) electrons. The van der Waals surface area contributed by atoms with E-state index in [-0.39, 0.29) is 5.75 Å². The van der Waals surface area contributed by atoms with Crippen LogP contribution in [0.25, 0.3) is 11.4 Å². The maximum Gasteiger partial charge on any atom is 0.161 e. The molecule has 0 aliphatic carbocycles. The Hall–Kier alpha value is -1.08. The van der Waals surface area contributed by atoms with Crippen molar-refractivity contribution >= 4 is 40.0 Å². The minimum atomic E-state index is 0.0574. The van der Waals surface area contributed by atoms with Crippen molar-refractivity contribution in [3.63, 3.8) is 0 Å². The highest BCUT2D eigenvalue weighted by atomic mass is 127. The summed E-state index contributed by atoms with van der Waals surface area (Å²) in [6, 6.07) is 4.97. The monoisotopic (exact) mass is 403 g/mol. The molecule has 20 heavy (non-hydrogen) atoms. The second-order valence-corrected chi connectivity index (χ2v) is 5.87. The van der Waals surface area contributed by atoms with Gasteiger partial charge in [0.1, 0.15) is 11.6 Å². The van der Waals surface area contributed by atoms with Crippen molar-refractivity contribution in [1.29, 1.82) is 0 Å². The summed E-state index contributed by atoms with van der Waals surface area (Å²) in [6.45, 7) is 4.92.